The number of hydrogen-bond donors (Lipinski definition) is 12. The van der Waals surface area contributed by atoms with Gasteiger partial charge in [-0.15, -0.1) is 0 Å². The number of rotatable bonds is 38. The topological polar surface area (TPSA) is 307 Å². The van der Waals surface area contributed by atoms with E-state index in [9.17, 15) is 61.0 Å². The second-order valence-corrected chi connectivity index (χ2v) is 19.7. The Morgan fingerprint density at radius 3 is 1.39 bits per heavy atom. The van der Waals surface area contributed by atoms with Gasteiger partial charge in [0.1, 0.15) is 73.2 Å². The minimum absolute atomic E-state index is 0.217. The molecule has 0 saturated carbocycles. The Hall–Kier alpha value is -1.99. The summed E-state index contributed by atoms with van der Waals surface area (Å²) in [6, 6.07) is -0.988. The quantitative estimate of drug-likeness (QED) is 0.0313. The number of unbranched alkanes of at least 4 members (excludes halogenated alkanes) is 18. The number of nitrogens with one attached hydrogen (secondary N) is 1. The van der Waals surface area contributed by atoms with Crippen molar-refractivity contribution in [2.45, 2.75) is 266 Å². The highest BCUT2D eigenvalue weighted by Crippen LogP contribution is 2.33. The van der Waals surface area contributed by atoms with E-state index in [-0.39, 0.29) is 18.9 Å². The molecule has 0 bridgehead atoms. The number of carbonyl (C=O) groups is 1. The third kappa shape index (κ3) is 22.7. The molecule has 0 aromatic rings. The van der Waals surface area contributed by atoms with Crippen LogP contribution in [0, 0.1) is 0 Å². The van der Waals surface area contributed by atoms with E-state index in [0.717, 1.165) is 38.5 Å². The van der Waals surface area contributed by atoms with E-state index in [0.29, 0.717) is 12.8 Å². The monoisotopic (exact) mass is 1030 g/mol. The smallest absolute Gasteiger partial charge is 0.220 e. The van der Waals surface area contributed by atoms with Crippen LogP contribution in [0.5, 0.6) is 0 Å². The average Bonchev–Trinajstić information content (AvgIpc) is 3.37. The van der Waals surface area contributed by atoms with Gasteiger partial charge in [0.25, 0.3) is 0 Å². The fraction of sp³-hybridized carbons (Fsp3) is 0.868. The minimum atomic E-state index is -1.98. The number of amides is 1. The highest BCUT2D eigenvalue weighted by atomic mass is 16.8. The van der Waals surface area contributed by atoms with Crippen molar-refractivity contribution in [3.8, 4) is 0 Å². The lowest BCUT2D eigenvalue weighted by Crippen LogP contribution is -2.66. The molecule has 0 aromatic carbocycles. The molecule has 3 aliphatic rings. The molecule has 3 heterocycles. The number of aliphatic hydroxyl groups excluding tert-OH is 11. The number of ether oxygens (including phenoxy) is 6. The van der Waals surface area contributed by atoms with Gasteiger partial charge in [-0.25, -0.2) is 0 Å². The van der Waals surface area contributed by atoms with E-state index in [4.69, 9.17) is 28.4 Å². The molecule has 3 saturated heterocycles. The van der Waals surface area contributed by atoms with Crippen LogP contribution in [-0.2, 0) is 33.2 Å². The maximum atomic E-state index is 12.9. The first-order valence-corrected chi connectivity index (χ1v) is 27.2. The van der Waals surface area contributed by atoms with Crippen LogP contribution in [0.4, 0.5) is 0 Å². The molecule has 72 heavy (non-hydrogen) atoms. The summed E-state index contributed by atoms with van der Waals surface area (Å²) < 4.78 is 33.9. The second kappa shape index (κ2) is 37.7. The van der Waals surface area contributed by atoms with Crippen molar-refractivity contribution in [1.82, 2.24) is 5.32 Å². The van der Waals surface area contributed by atoms with Crippen molar-refractivity contribution in [1.29, 1.82) is 0 Å². The molecule has 12 N–H and O–H groups in total. The Morgan fingerprint density at radius 2 is 0.889 bits per heavy atom. The van der Waals surface area contributed by atoms with Gasteiger partial charge in [0.15, 0.2) is 18.9 Å². The van der Waals surface area contributed by atoms with Gasteiger partial charge in [-0.05, 0) is 44.9 Å². The zero-order chi connectivity index (χ0) is 52.7. The van der Waals surface area contributed by atoms with Gasteiger partial charge in [-0.1, -0.05) is 147 Å². The van der Waals surface area contributed by atoms with Crippen molar-refractivity contribution in [3.63, 3.8) is 0 Å². The normalized spacial score (nSPS) is 32.3. The molecular weight excluding hydrogens is 939 g/mol. The summed E-state index contributed by atoms with van der Waals surface area (Å²) in [5, 5.41) is 119. The molecule has 0 aliphatic carbocycles. The van der Waals surface area contributed by atoms with E-state index >= 15 is 0 Å². The lowest BCUT2D eigenvalue weighted by Gasteiger charge is -2.48. The number of allylic oxidation sites excluding steroid dienone is 5. The first-order chi connectivity index (χ1) is 34.8. The fourth-order valence-corrected chi connectivity index (χ4v) is 9.10. The first-order valence-electron chi connectivity index (χ1n) is 27.2. The molecule has 3 aliphatic heterocycles. The summed E-state index contributed by atoms with van der Waals surface area (Å²) >= 11 is 0. The molecule has 19 heteroatoms. The van der Waals surface area contributed by atoms with Gasteiger partial charge < -0.3 is 89.9 Å². The molecule has 0 aromatic heterocycles. The lowest BCUT2D eigenvalue weighted by molar-refractivity contribution is -0.379. The summed E-state index contributed by atoms with van der Waals surface area (Å²) in [6.07, 6.45) is 11.3. The Morgan fingerprint density at radius 1 is 0.486 bits per heavy atom. The van der Waals surface area contributed by atoms with Crippen LogP contribution in [0.1, 0.15) is 162 Å². The summed E-state index contributed by atoms with van der Waals surface area (Å²) in [7, 11) is 0. The highest BCUT2D eigenvalue weighted by molar-refractivity contribution is 5.76. The van der Waals surface area contributed by atoms with Crippen LogP contribution in [0.2, 0.25) is 0 Å². The summed E-state index contributed by atoms with van der Waals surface area (Å²) in [5.41, 5.74) is 0. The van der Waals surface area contributed by atoms with Crippen molar-refractivity contribution in [3.05, 3.63) is 36.5 Å². The summed E-state index contributed by atoms with van der Waals surface area (Å²) in [4.78, 5) is 12.9. The van der Waals surface area contributed by atoms with Crippen LogP contribution in [0.15, 0.2) is 36.5 Å². The number of aliphatic hydroxyl groups is 11. The van der Waals surface area contributed by atoms with E-state index in [1.165, 1.54) is 89.9 Å². The first kappa shape index (κ1) is 64.3. The zero-order valence-corrected chi connectivity index (χ0v) is 43.1. The van der Waals surface area contributed by atoms with Gasteiger partial charge in [0.2, 0.25) is 5.91 Å². The molecule has 1 amide bonds. The summed E-state index contributed by atoms with van der Waals surface area (Å²) in [5.74, 6) is -0.317. The van der Waals surface area contributed by atoms with Crippen LogP contribution >= 0.6 is 0 Å². The molecule has 420 valence electrons. The molecule has 0 spiro atoms. The molecule has 17 atom stereocenters. The molecule has 3 fully saturated rings. The van der Waals surface area contributed by atoms with Crippen molar-refractivity contribution in [2.75, 3.05) is 26.4 Å². The Balaban J connectivity index is 1.43. The predicted molar refractivity (Wildman–Crippen MR) is 268 cm³/mol. The van der Waals surface area contributed by atoms with Crippen LogP contribution in [0.3, 0.4) is 0 Å². The molecule has 17 unspecified atom stereocenters. The zero-order valence-electron chi connectivity index (χ0n) is 43.1. The van der Waals surface area contributed by atoms with Gasteiger partial charge in [-0.2, -0.15) is 0 Å². The maximum absolute atomic E-state index is 12.9. The van der Waals surface area contributed by atoms with Gasteiger partial charge in [-0.3, -0.25) is 4.79 Å². The largest absolute Gasteiger partial charge is 0.394 e. The van der Waals surface area contributed by atoms with Crippen molar-refractivity contribution in [2.24, 2.45) is 0 Å². The summed E-state index contributed by atoms with van der Waals surface area (Å²) in [6.45, 7) is 1.47. The maximum Gasteiger partial charge on any atom is 0.220 e. The highest BCUT2D eigenvalue weighted by Gasteiger charge is 2.53. The van der Waals surface area contributed by atoms with E-state index < -0.39 is 124 Å². The van der Waals surface area contributed by atoms with Crippen LogP contribution in [-0.4, -0.2) is 193 Å². The fourth-order valence-electron chi connectivity index (χ4n) is 9.10. The minimum Gasteiger partial charge on any atom is -0.394 e. The SMILES string of the molecule is CCCCCCCCCCCCCCCC/C=C/CC/C=C/CC/C=C/C(O)C(COC1OC(CO)C(OC2OC(CO)C(OC3OC(CO)C(O)C(O)C3O)C(O)C2O)C(O)C1O)NC(=O)CCCCC. The van der Waals surface area contributed by atoms with Gasteiger partial charge >= 0.3 is 0 Å². The van der Waals surface area contributed by atoms with E-state index in [1.54, 1.807) is 6.08 Å². The number of hydrogen-bond acceptors (Lipinski definition) is 18. The molecule has 0 radical (unpaired) electrons. The average molecular weight is 1030 g/mol. The van der Waals surface area contributed by atoms with Gasteiger partial charge in [0.05, 0.1) is 38.6 Å². The van der Waals surface area contributed by atoms with Crippen LogP contribution in [0.25, 0.3) is 0 Å². The lowest BCUT2D eigenvalue weighted by atomic mass is 9.96. The standard InChI is InChI=1S/C53H95NO18/c1-3-5-7-8-9-10-11-12-13-14-15-16-17-18-19-20-21-22-23-24-25-26-27-29-30-37(58)36(54-41(59)31-28-6-4-2)35-67-51-47(65)44(62)49(39(33-56)69-51)72-53-48(66)45(63)50(40(34-57)70-53)71-52-46(64)43(61)42(60)38(32-55)68-52/h20-21,24-25,29-30,36-40,42-53,55-58,60-66H,3-19,22-23,26-28,31-35H2,1-2H3,(H,54,59)/b21-20+,25-24+,30-29+. The van der Waals surface area contributed by atoms with E-state index in [2.05, 4.69) is 36.5 Å². The second-order valence-electron chi connectivity index (χ2n) is 19.7. The Kier molecular flexibility index (Phi) is 33.7. The van der Waals surface area contributed by atoms with E-state index in [1.807, 2.05) is 13.0 Å². The van der Waals surface area contributed by atoms with Crippen LogP contribution < -0.4 is 5.32 Å². The van der Waals surface area contributed by atoms with Crippen molar-refractivity contribution < 1.29 is 89.4 Å². The third-order valence-electron chi connectivity index (χ3n) is 13.7. The Labute approximate surface area is 428 Å². The molecule has 19 nitrogen and oxygen atoms in total. The van der Waals surface area contributed by atoms with Crippen molar-refractivity contribution >= 4 is 5.91 Å². The molecular formula is C53H95NO18. The molecule has 3 rings (SSSR count). The third-order valence-corrected chi connectivity index (χ3v) is 13.7. The Bertz CT molecular complexity index is 1470. The number of carbonyl (C=O) groups excluding carboxylic acids is 1. The van der Waals surface area contributed by atoms with Gasteiger partial charge in [0, 0.05) is 6.42 Å². The predicted octanol–water partition coefficient (Wildman–Crippen LogP) is 2.98.